The molecule has 8 atom stereocenters. The van der Waals surface area contributed by atoms with Crippen molar-refractivity contribution in [2.24, 2.45) is 0 Å². The van der Waals surface area contributed by atoms with Gasteiger partial charge in [0.25, 0.3) is 0 Å². The third kappa shape index (κ3) is 15.9. The standard InChI is InChI=1S/C31H38N4O5.C27H32N4O5/c1-2-24(36)15-16-25-31(40)35-17-9-14-27(35)30(39)32-23(18-21-10-5-3-6-11-21)20-28(37)33-26(29(38)34-25)19-22-12-7-4-8-13-22;32-17-22-27(36)31-13-7-12-23(31)26(35)28-20(14-18-8-3-1-4-9-18)16-24(33)29-21(25(34)30-22)15-19-10-5-2-6-11-19/h3-8,10-13,23,25-27H,2,9,14-20H2,1H3,(H,32,39)(H,33,37)(H,34,38);1-6,8-11,20-23,32H,7,12-17H2,(H,28,35)(H,29,33)(H,30,34). The maximum atomic E-state index is 13.8. The van der Waals surface area contributed by atoms with Gasteiger partial charge in [-0.25, -0.2) is 0 Å². The molecule has 8 amide bonds. The van der Waals surface area contributed by atoms with Crippen LogP contribution in [0.3, 0.4) is 0 Å². The van der Waals surface area contributed by atoms with Gasteiger partial charge >= 0.3 is 0 Å². The Balaban J connectivity index is 0.000000222. The highest BCUT2D eigenvalue weighted by molar-refractivity contribution is 5.97. The van der Waals surface area contributed by atoms with Crippen LogP contribution in [0.25, 0.3) is 0 Å². The first-order valence-electron chi connectivity index (χ1n) is 26.5. The molecule has 4 saturated heterocycles. The topological polar surface area (TPSA) is 253 Å². The number of carbonyl (C=O) groups is 9. The van der Waals surface area contributed by atoms with E-state index >= 15 is 0 Å². The summed E-state index contributed by atoms with van der Waals surface area (Å²) in [6.45, 7) is 1.89. The van der Waals surface area contributed by atoms with E-state index in [-0.39, 0.29) is 73.8 Å². The van der Waals surface area contributed by atoms with Crippen LogP contribution in [0, 0.1) is 0 Å². The molecule has 0 aliphatic carbocycles. The van der Waals surface area contributed by atoms with E-state index in [0.717, 1.165) is 22.3 Å². The molecule has 76 heavy (non-hydrogen) atoms. The van der Waals surface area contributed by atoms with Gasteiger partial charge in [0.2, 0.25) is 47.3 Å². The maximum Gasteiger partial charge on any atom is 0.248 e. The Morgan fingerprint density at radius 3 is 1.22 bits per heavy atom. The van der Waals surface area contributed by atoms with Crippen LogP contribution < -0.4 is 31.9 Å². The molecular weight excluding hydrogens is 969 g/mol. The number of nitrogens with zero attached hydrogens (tertiary/aromatic N) is 2. The molecule has 4 heterocycles. The summed E-state index contributed by atoms with van der Waals surface area (Å²) < 4.78 is 0. The van der Waals surface area contributed by atoms with E-state index in [1.54, 1.807) is 6.92 Å². The molecule has 8 unspecified atom stereocenters. The van der Waals surface area contributed by atoms with Crippen molar-refractivity contribution in [1.82, 2.24) is 41.7 Å². The molecule has 0 bridgehead atoms. The van der Waals surface area contributed by atoms with Crippen LogP contribution in [0.15, 0.2) is 121 Å². The molecule has 4 aliphatic heterocycles. The Morgan fingerprint density at radius 1 is 0.474 bits per heavy atom. The molecule has 4 aromatic carbocycles. The number of rotatable bonds is 13. The summed E-state index contributed by atoms with van der Waals surface area (Å²) in [5, 5.41) is 27.0. The second kappa shape index (κ2) is 27.7. The lowest BCUT2D eigenvalue weighted by Crippen LogP contribution is -2.57. The van der Waals surface area contributed by atoms with Crippen LogP contribution in [-0.4, -0.2) is 136 Å². The van der Waals surface area contributed by atoms with E-state index in [4.69, 9.17) is 0 Å². The molecule has 7 N–H and O–H groups in total. The summed E-state index contributed by atoms with van der Waals surface area (Å²) >= 11 is 0. The van der Waals surface area contributed by atoms with Crippen molar-refractivity contribution in [2.75, 3.05) is 19.7 Å². The van der Waals surface area contributed by atoms with Crippen LogP contribution in [-0.2, 0) is 68.8 Å². The molecule has 18 nitrogen and oxygen atoms in total. The normalized spacial score (nSPS) is 24.8. The van der Waals surface area contributed by atoms with E-state index in [0.29, 0.717) is 58.0 Å². The summed E-state index contributed by atoms with van der Waals surface area (Å²) in [6, 6.07) is 31.1. The molecule has 0 aromatic heterocycles. The van der Waals surface area contributed by atoms with Gasteiger partial charge < -0.3 is 46.8 Å². The minimum absolute atomic E-state index is 0.0152. The molecule has 4 fully saturated rings. The number of carbonyl (C=O) groups excluding carboxylic acids is 9. The first-order chi connectivity index (χ1) is 36.8. The van der Waals surface area contributed by atoms with Gasteiger partial charge in [-0.1, -0.05) is 128 Å². The number of hydrogen-bond acceptors (Lipinski definition) is 10. The Labute approximate surface area is 443 Å². The highest BCUT2D eigenvalue weighted by Crippen LogP contribution is 2.23. The minimum atomic E-state index is -1.21. The van der Waals surface area contributed by atoms with Gasteiger partial charge in [-0.2, -0.15) is 0 Å². The summed E-state index contributed by atoms with van der Waals surface area (Å²) in [4.78, 5) is 122. The fourth-order valence-corrected chi connectivity index (χ4v) is 10.3. The molecule has 402 valence electrons. The molecule has 0 radical (unpaired) electrons. The first kappa shape index (κ1) is 56.0. The monoisotopic (exact) mass is 1040 g/mol. The molecule has 0 spiro atoms. The van der Waals surface area contributed by atoms with E-state index < -0.39 is 72.7 Å². The predicted octanol–water partition coefficient (Wildman–Crippen LogP) is 2.39. The minimum Gasteiger partial charge on any atom is -0.394 e. The average molecular weight is 1040 g/mol. The van der Waals surface area contributed by atoms with Crippen LogP contribution >= 0.6 is 0 Å². The van der Waals surface area contributed by atoms with Crippen molar-refractivity contribution < 1.29 is 48.3 Å². The lowest BCUT2D eigenvalue weighted by atomic mass is 10.0. The number of ketones is 1. The number of fused-ring (bicyclic) bond motifs is 2. The van der Waals surface area contributed by atoms with E-state index in [1.165, 1.54) is 9.80 Å². The number of amides is 8. The molecular formula is C58H70N8O10. The molecule has 18 heteroatoms. The van der Waals surface area contributed by atoms with Crippen molar-refractivity contribution in [3.63, 3.8) is 0 Å². The lowest BCUT2D eigenvalue weighted by Gasteiger charge is -2.30. The smallest absolute Gasteiger partial charge is 0.248 e. The predicted molar refractivity (Wildman–Crippen MR) is 282 cm³/mol. The number of nitrogens with one attached hydrogen (secondary N) is 6. The van der Waals surface area contributed by atoms with Gasteiger partial charge in [-0.3, -0.25) is 43.2 Å². The fraction of sp³-hybridized carbons (Fsp3) is 0.431. The third-order valence-corrected chi connectivity index (χ3v) is 14.3. The lowest BCUT2D eigenvalue weighted by molar-refractivity contribution is -0.142. The summed E-state index contributed by atoms with van der Waals surface area (Å²) in [5.41, 5.74) is 3.61. The van der Waals surface area contributed by atoms with Crippen molar-refractivity contribution in [3.8, 4) is 0 Å². The number of hydrogen-bond donors (Lipinski definition) is 7. The zero-order valence-corrected chi connectivity index (χ0v) is 43.0. The number of benzene rings is 4. The van der Waals surface area contributed by atoms with Crippen molar-refractivity contribution in [3.05, 3.63) is 144 Å². The highest BCUT2D eigenvalue weighted by atomic mass is 16.3. The number of aliphatic hydroxyl groups excluding tert-OH is 1. The Bertz CT molecular complexity index is 2640. The van der Waals surface area contributed by atoms with Gasteiger partial charge in [0.15, 0.2) is 0 Å². The molecule has 8 rings (SSSR count). The number of aliphatic hydroxyl groups is 1. The highest BCUT2D eigenvalue weighted by Gasteiger charge is 2.41. The first-order valence-corrected chi connectivity index (χ1v) is 26.5. The quantitative estimate of drug-likeness (QED) is 0.103. The molecule has 0 saturated carbocycles. The van der Waals surface area contributed by atoms with Gasteiger partial charge in [0, 0.05) is 63.7 Å². The molecule has 4 aliphatic rings. The van der Waals surface area contributed by atoms with Crippen LogP contribution in [0.1, 0.15) is 87.0 Å². The van der Waals surface area contributed by atoms with Gasteiger partial charge in [-0.05, 0) is 67.2 Å². The van der Waals surface area contributed by atoms with E-state index in [1.807, 2.05) is 121 Å². The van der Waals surface area contributed by atoms with Crippen molar-refractivity contribution >= 4 is 53.0 Å². The zero-order valence-electron chi connectivity index (χ0n) is 43.0. The second-order valence-corrected chi connectivity index (χ2v) is 19.9. The van der Waals surface area contributed by atoms with Gasteiger partial charge in [-0.15, -0.1) is 0 Å². The Hall–Kier alpha value is -7.73. The van der Waals surface area contributed by atoms with Gasteiger partial charge in [0.05, 0.1) is 6.61 Å². The van der Waals surface area contributed by atoms with E-state index in [2.05, 4.69) is 31.9 Å². The van der Waals surface area contributed by atoms with E-state index in [9.17, 15) is 48.3 Å². The average Bonchev–Trinajstić information content (AvgIpc) is 4.13. The van der Waals surface area contributed by atoms with Crippen molar-refractivity contribution in [2.45, 2.75) is 139 Å². The summed E-state index contributed by atoms with van der Waals surface area (Å²) in [5.74, 6) is -3.36. The number of Topliss-reactive ketones (excluding diaryl/α,β-unsaturated/α-hetero) is 1. The third-order valence-electron chi connectivity index (χ3n) is 14.3. The van der Waals surface area contributed by atoms with Gasteiger partial charge in [0.1, 0.15) is 42.0 Å². The molecule has 4 aromatic rings. The second-order valence-electron chi connectivity index (χ2n) is 19.9. The van der Waals surface area contributed by atoms with Crippen LogP contribution in [0.5, 0.6) is 0 Å². The maximum absolute atomic E-state index is 13.8. The Kier molecular flexibility index (Phi) is 20.4. The zero-order chi connectivity index (χ0) is 54.0. The van der Waals surface area contributed by atoms with Crippen LogP contribution in [0.2, 0.25) is 0 Å². The summed E-state index contributed by atoms with van der Waals surface area (Å²) in [6.07, 6.45) is 4.11. The SMILES string of the molecule is CCC(=O)CCC1NC(=O)C(Cc2ccccc2)NC(=O)CC(Cc2ccccc2)NC(=O)C2CCCN2C1=O.O=C1CC(Cc2ccccc2)NC(=O)C2CCCN2C(=O)C(CO)NC(=O)C(Cc2ccccc2)N1. The Morgan fingerprint density at radius 2 is 0.842 bits per heavy atom. The largest absolute Gasteiger partial charge is 0.394 e. The van der Waals surface area contributed by atoms with Crippen LogP contribution in [0.4, 0.5) is 0 Å². The summed E-state index contributed by atoms with van der Waals surface area (Å²) in [7, 11) is 0. The fourth-order valence-electron chi connectivity index (χ4n) is 10.3. The van der Waals surface area contributed by atoms with Crippen molar-refractivity contribution in [1.29, 1.82) is 0 Å².